The van der Waals surface area contributed by atoms with Crippen molar-refractivity contribution in [2.24, 2.45) is 5.92 Å². The summed E-state index contributed by atoms with van der Waals surface area (Å²) >= 11 is 0. The first kappa shape index (κ1) is 11.8. The maximum Gasteiger partial charge on any atom is 0.317 e. The molecule has 2 N–H and O–H groups in total. The minimum absolute atomic E-state index is 0.102. The van der Waals surface area contributed by atoms with Gasteiger partial charge in [0.15, 0.2) is 0 Å². The summed E-state index contributed by atoms with van der Waals surface area (Å²) in [6.07, 6.45) is 1.66. The van der Waals surface area contributed by atoms with Crippen molar-refractivity contribution in [3.8, 4) is 0 Å². The zero-order valence-electron chi connectivity index (χ0n) is 9.19. The Balaban J connectivity index is 2.12. The van der Waals surface area contributed by atoms with E-state index in [0.29, 0.717) is 24.9 Å². The average Bonchev–Trinajstić information content (AvgIpc) is 2.80. The van der Waals surface area contributed by atoms with E-state index in [-0.39, 0.29) is 12.5 Å². The van der Waals surface area contributed by atoms with Crippen LogP contribution in [0, 0.1) is 5.92 Å². The SMILES string of the molecule is CC1CC1NC(=O)N(C)CCCC(=O)O. The fourth-order valence-corrected chi connectivity index (χ4v) is 1.36. The summed E-state index contributed by atoms with van der Waals surface area (Å²) < 4.78 is 0. The van der Waals surface area contributed by atoms with Crippen LogP contribution in [0.4, 0.5) is 4.79 Å². The first-order valence-electron chi connectivity index (χ1n) is 5.24. The van der Waals surface area contributed by atoms with Gasteiger partial charge in [0, 0.05) is 26.1 Å². The van der Waals surface area contributed by atoms with Crippen molar-refractivity contribution in [3.05, 3.63) is 0 Å². The number of carboxylic acids is 1. The summed E-state index contributed by atoms with van der Waals surface area (Å²) in [5.41, 5.74) is 0. The standard InChI is InChI=1S/C10H18N2O3/c1-7-6-8(7)11-10(15)12(2)5-3-4-9(13)14/h7-8H,3-6H2,1-2H3,(H,11,15)(H,13,14). The molecular weight excluding hydrogens is 196 g/mol. The van der Waals surface area contributed by atoms with E-state index < -0.39 is 5.97 Å². The summed E-state index contributed by atoms with van der Waals surface area (Å²) in [6, 6.07) is 0.217. The Labute approximate surface area is 89.4 Å². The molecule has 1 rings (SSSR count). The molecule has 2 unspecified atom stereocenters. The molecule has 5 nitrogen and oxygen atoms in total. The van der Waals surface area contributed by atoms with Gasteiger partial charge in [-0.2, -0.15) is 0 Å². The Hall–Kier alpha value is -1.26. The summed E-state index contributed by atoms with van der Waals surface area (Å²) in [5, 5.41) is 11.3. The van der Waals surface area contributed by atoms with Crippen LogP contribution in [0.25, 0.3) is 0 Å². The van der Waals surface area contributed by atoms with E-state index in [4.69, 9.17) is 5.11 Å². The first-order valence-corrected chi connectivity index (χ1v) is 5.24. The highest BCUT2D eigenvalue weighted by atomic mass is 16.4. The number of hydrogen-bond donors (Lipinski definition) is 2. The van der Waals surface area contributed by atoms with Crippen LogP contribution in [0.15, 0.2) is 0 Å². The molecule has 0 heterocycles. The van der Waals surface area contributed by atoms with Gasteiger partial charge in [0.25, 0.3) is 0 Å². The third kappa shape index (κ3) is 4.18. The lowest BCUT2D eigenvalue weighted by Crippen LogP contribution is -2.39. The normalized spacial score (nSPS) is 23.3. The third-order valence-electron chi connectivity index (χ3n) is 2.65. The van der Waals surface area contributed by atoms with Gasteiger partial charge in [0.05, 0.1) is 0 Å². The van der Waals surface area contributed by atoms with Crippen molar-refractivity contribution in [2.75, 3.05) is 13.6 Å². The molecule has 86 valence electrons. The molecule has 2 atom stereocenters. The lowest BCUT2D eigenvalue weighted by atomic mass is 10.3. The number of hydrogen-bond acceptors (Lipinski definition) is 2. The van der Waals surface area contributed by atoms with Crippen molar-refractivity contribution in [3.63, 3.8) is 0 Å². The maximum absolute atomic E-state index is 11.5. The largest absolute Gasteiger partial charge is 0.481 e. The van der Waals surface area contributed by atoms with E-state index in [1.165, 1.54) is 4.90 Å². The van der Waals surface area contributed by atoms with E-state index in [1.807, 2.05) is 0 Å². The number of nitrogens with one attached hydrogen (secondary N) is 1. The minimum Gasteiger partial charge on any atom is -0.481 e. The van der Waals surface area contributed by atoms with E-state index in [2.05, 4.69) is 12.2 Å². The average molecular weight is 214 g/mol. The molecule has 1 aliphatic rings. The smallest absolute Gasteiger partial charge is 0.317 e. The topological polar surface area (TPSA) is 69.6 Å². The molecular formula is C10H18N2O3. The van der Waals surface area contributed by atoms with E-state index in [9.17, 15) is 9.59 Å². The molecule has 0 aromatic carbocycles. The van der Waals surface area contributed by atoms with Crippen molar-refractivity contribution in [1.29, 1.82) is 0 Å². The molecule has 0 radical (unpaired) electrons. The van der Waals surface area contributed by atoms with Crippen molar-refractivity contribution in [2.45, 2.75) is 32.2 Å². The van der Waals surface area contributed by atoms with Gasteiger partial charge in [0.1, 0.15) is 0 Å². The van der Waals surface area contributed by atoms with Crippen LogP contribution in [-0.4, -0.2) is 41.6 Å². The van der Waals surface area contributed by atoms with Crippen molar-refractivity contribution in [1.82, 2.24) is 10.2 Å². The highest BCUT2D eigenvalue weighted by Gasteiger charge is 2.34. The lowest BCUT2D eigenvalue weighted by molar-refractivity contribution is -0.137. The maximum atomic E-state index is 11.5. The molecule has 1 saturated carbocycles. The number of amides is 2. The van der Waals surface area contributed by atoms with Crippen LogP contribution < -0.4 is 5.32 Å². The number of nitrogens with zero attached hydrogens (tertiary/aromatic N) is 1. The van der Waals surface area contributed by atoms with Crippen LogP contribution in [0.5, 0.6) is 0 Å². The highest BCUT2D eigenvalue weighted by molar-refractivity contribution is 5.74. The second-order valence-electron chi connectivity index (χ2n) is 4.19. The Morgan fingerprint density at radius 2 is 2.13 bits per heavy atom. The second-order valence-corrected chi connectivity index (χ2v) is 4.19. The van der Waals surface area contributed by atoms with Crippen molar-refractivity contribution < 1.29 is 14.7 Å². The predicted molar refractivity (Wildman–Crippen MR) is 55.6 cm³/mol. The van der Waals surface area contributed by atoms with Gasteiger partial charge in [-0.05, 0) is 18.8 Å². The molecule has 1 aliphatic carbocycles. The lowest BCUT2D eigenvalue weighted by Gasteiger charge is -2.17. The van der Waals surface area contributed by atoms with Gasteiger partial charge < -0.3 is 15.3 Å². The molecule has 0 spiro atoms. The number of carbonyl (C=O) groups excluding carboxylic acids is 1. The Kier molecular flexibility index (Phi) is 3.94. The van der Waals surface area contributed by atoms with Crippen molar-refractivity contribution >= 4 is 12.0 Å². The highest BCUT2D eigenvalue weighted by Crippen LogP contribution is 2.28. The van der Waals surface area contributed by atoms with Crippen LogP contribution >= 0.6 is 0 Å². The van der Waals surface area contributed by atoms with Gasteiger partial charge >= 0.3 is 12.0 Å². The third-order valence-corrected chi connectivity index (χ3v) is 2.65. The number of carboxylic acid groups (broad SMARTS) is 1. The van der Waals surface area contributed by atoms with E-state index in [1.54, 1.807) is 7.05 Å². The summed E-state index contributed by atoms with van der Waals surface area (Å²) in [7, 11) is 1.68. The molecule has 0 aliphatic heterocycles. The first-order chi connectivity index (χ1) is 7.00. The van der Waals surface area contributed by atoms with Gasteiger partial charge in [0.2, 0.25) is 0 Å². The molecule has 0 aromatic rings. The fourth-order valence-electron chi connectivity index (χ4n) is 1.36. The minimum atomic E-state index is -0.820. The predicted octanol–water partition coefficient (Wildman–Crippen LogP) is 0.901. The van der Waals surface area contributed by atoms with Gasteiger partial charge in [-0.15, -0.1) is 0 Å². The number of rotatable bonds is 5. The van der Waals surface area contributed by atoms with Gasteiger partial charge in [-0.25, -0.2) is 4.79 Å². The summed E-state index contributed by atoms with van der Waals surface area (Å²) in [4.78, 5) is 23.3. The van der Waals surface area contributed by atoms with E-state index in [0.717, 1.165) is 6.42 Å². The molecule has 2 amide bonds. The number of carbonyl (C=O) groups is 2. The Morgan fingerprint density at radius 3 is 2.60 bits per heavy atom. The molecule has 0 aromatic heterocycles. The van der Waals surface area contributed by atoms with Crippen LogP contribution in [0.1, 0.15) is 26.2 Å². The van der Waals surface area contributed by atoms with Gasteiger partial charge in [-0.3, -0.25) is 4.79 Å². The zero-order chi connectivity index (χ0) is 11.4. The number of urea groups is 1. The number of aliphatic carboxylic acids is 1. The molecule has 5 heteroatoms. The quantitative estimate of drug-likeness (QED) is 0.714. The molecule has 1 fully saturated rings. The Bertz CT molecular complexity index is 255. The van der Waals surface area contributed by atoms with Crippen LogP contribution in [-0.2, 0) is 4.79 Å². The zero-order valence-corrected chi connectivity index (χ0v) is 9.19. The monoisotopic (exact) mass is 214 g/mol. The fraction of sp³-hybridized carbons (Fsp3) is 0.800. The molecule has 0 saturated heterocycles. The molecule has 0 bridgehead atoms. The van der Waals surface area contributed by atoms with Crippen LogP contribution in [0.2, 0.25) is 0 Å². The van der Waals surface area contributed by atoms with Crippen LogP contribution in [0.3, 0.4) is 0 Å². The van der Waals surface area contributed by atoms with E-state index >= 15 is 0 Å². The summed E-state index contributed by atoms with van der Waals surface area (Å²) in [5.74, 6) is -0.235. The van der Waals surface area contributed by atoms with Gasteiger partial charge in [-0.1, -0.05) is 6.92 Å². The summed E-state index contributed by atoms with van der Waals surface area (Å²) in [6.45, 7) is 2.58. The Morgan fingerprint density at radius 1 is 1.53 bits per heavy atom. The molecule has 15 heavy (non-hydrogen) atoms. The second kappa shape index (κ2) is 5.00.